The highest BCUT2D eigenvalue weighted by atomic mass is 127. The average Bonchev–Trinajstić information content (AvgIpc) is 2.32. The third-order valence-corrected chi connectivity index (χ3v) is 4.45. The predicted octanol–water partition coefficient (Wildman–Crippen LogP) is 3.04. The molecule has 1 aliphatic rings. The molecule has 1 amide bonds. The summed E-state index contributed by atoms with van der Waals surface area (Å²) in [7, 11) is 0. The highest BCUT2D eigenvalue weighted by molar-refractivity contribution is 14.1. The van der Waals surface area contributed by atoms with E-state index in [0.29, 0.717) is 12.3 Å². The molecule has 0 saturated heterocycles. The van der Waals surface area contributed by atoms with Gasteiger partial charge < -0.3 is 4.90 Å². The highest BCUT2D eigenvalue weighted by Crippen LogP contribution is 2.28. The van der Waals surface area contributed by atoms with Gasteiger partial charge in [0, 0.05) is 23.1 Å². The summed E-state index contributed by atoms with van der Waals surface area (Å²) >= 11 is 2.38. The van der Waals surface area contributed by atoms with Gasteiger partial charge in [0.15, 0.2) is 0 Å². The van der Waals surface area contributed by atoms with E-state index in [0.717, 1.165) is 23.1 Å². The van der Waals surface area contributed by atoms with E-state index in [1.165, 1.54) is 5.56 Å². The topological polar surface area (TPSA) is 20.3 Å². The summed E-state index contributed by atoms with van der Waals surface area (Å²) in [4.78, 5) is 13.9. The van der Waals surface area contributed by atoms with Gasteiger partial charge in [0.2, 0.25) is 5.91 Å². The SMILES string of the molecule is CC(CI)CN1C(=O)CCc2ccccc21. The van der Waals surface area contributed by atoms with Crippen molar-refractivity contribution >= 4 is 34.2 Å². The second-order valence-corrected chi connectivity index (χ2v) is 5.27. The first-order valence-corrected chi connectivity index (χ1v) is 7.19. The van der Waals surface area contributed by atoms with Gasteiger partial charge in [-0.25, -0.2) is 0 Å². The van der Waals surface area contributed by atoms with E-state index >= 15 is 0 Å². The minimum atomic E-state index is 0.274. The average molecular weight is 329 g/mol. The van der Waals surface area contributed by atoms with Crippen LogP contribution in [0.4, 0.5) is 5.69 Å². The fourth-order valence-electron chi connectivity index (χ4n) is 2.06. The zero-order chi connectivity index (χ0) is 11.5. The van der Waals surface area contributed by atoms with Crippen LogP contribution < -0.4 is 4.90 Å². The molecule has 1 heterocycles. The lowest BCUT2D eigenvalue weighted by Crippen LogP contribution is -2.38. The number of anilines is 1. The van der Waals surface area contributed by atoms with E-state index in [2.05, 4.69) is 47.7 Å². The highest BCUT2D eigenvalue weighted by Gasteiger charge is 2.24. The van der Waals surface area contributed by atoms with Crippen LogP contribution in [0.3, 0.4) is 0 Å². The molecule has 0 aliphatic carbocycles. The third kappa shape index (κ3) is 2.39. The molecule has 1 aromatic carbocycles. The smallest absolute Gasteiger partial charge is 0.227 e. The number of alkyl halides is 1. The molecule has 1 aromatic rings. The number of fused-ring (bicyclic) bond motifs is 1. The Kier molecular flexibility index (Phi) is 3.84. The standard InChI is InChI=1S/C13H16INO/c1-10(8-14)9-15-12-5-3-2-4-11(12)6-7-13(15)16/h2-5,10H,6-9H2,1H3. The van der Waals surface area contributed by atoms with Gasteiger partial charge in [0.05, 0.1) is 0 Å². The van der Waals surface area contributed by atoms with Crippen LogP contribution in [0, 0.1) is 5.92 Å². The van der Waals surface area contributed by atoms with E-state index in [1.54, 1.807) is 0 Å². The van der Waals surface area contributed by atoms with Gasteiger partial charge in [-0.05, 0) is 24.0 Å². The van der Waals surface area contributed by atoms with Gasteiger partial charge in [-0.15, -0.1) is 0 Å². The van der Waals surface area contributed by atoms with Gasteiger partial charge in [-0.1, -0.05) is 47.7 Å². The number of amides is 1. The first kappa shape index (κ1) is 11.9. The number of hydrogen-bond acceptors (Lipinski definition) is 1. The molecule has 0 spiro atoms. The van der Waals surface area contributed by atoms with Crippen molar-refractivity contribution in [1.82, 2.24) is 0 Å². The minimum absolute atomic E-state index is 0.274. The number of para-hydroxylation sites is 1. The van der Waals surface area contributed by atoms with Gasteiger partial charge in [0.25, 0.3) is 0 Å². The molecule has 16 heavy (non-hydrogen) atoms. The van der Waals surface area contributed by atoms with Crippen molar-refractivity contribution in [3.63, 3.8) is 0 Å². The fraction of sp³-hybridized carbons (Fsp3) is 0.462. The molecule has 86 valence electrons. The number of benzene rings is 1. The van der Waals surface area contributed by atoms with Crippen molar-refractivity contribution in [3.05, 3.63) is 29.8 Å². The Balaban J connectivity index is 2.26. The van der Waals surface area contributed by atoms with Crippen molar-refractivity contribution in [2.75, 3.05) is 15.9 Å². The molecule has 1 atom stereocenters. The summed E-state index contributed by atoms with van der Waals surface area (Å²) in [6.07, 6.45) is 1.55. The maximum absolute atomic E-state index is 11.9. The monoisotopic (exact) mass is 329 g/mol. The van der Waals surface area contributed by atoms with E-state index in [9.17, 15) is 4.79 Å². The van der Waals surface area contributed by atoms with E-state index in [4.69, 9.17) is 0 Å². The zero-order valence-corrected chi connectivity index (χ0v) is 11.6. The number of carbonyl (C=O) groups is 1. The Labute approximate surface area is 110 Å². The minimum Gasteiger partial charge on any atom is -0.312 e. The Morgan fingerprint density at radius 3 is 2.88 bits per heavy atom. The molecular formula is C13H16INO. The summed E-state index contributed by atoms with van der Waals surface area (Å²) in [6.45, 7) is 3.04. The summed E-state index contributed by atoms with van der Waals surface area (Å²) in [5.41, 5.74) is 2.43. The maximum Gasteiger partial charge on any atom is 0.227 e. The summed E-state index contributed by atoms with van der Waals surface area (Å²) < 4.78 is 1.09. The molecule has 2 rings (SSSR count). The summed E-state index contributed by atoms with van der Waals surface area (Å²) in [5, 5.41) is 0. The van der Waals surface area contributed by atoms with Crippen molar-refractivity contribution < 1.29 is 4.79 Å². The van der Waals surface area contributed by atoms with Crippen molar-refractivity contribution in [2.45, 2.75) is 19.8 Å². The van der Waals surface area contributed by atoms with Crippen LogP contribution in [0.1, 0.15) is 18.9 Å². The molecular weight excluding hydrogens is 313 g/mol. The Bertz CT molecular complexity index is 391. The van der Waals surface area contributed by atoms with Crippen LogP contribution in [-0.2, 0) is 11.2 Å². The van der Waals surface area contributed by atoms with E-state index in [1.807, 2.05) is 11.0 Å². The maximum atomic E-state index is 11.9. The Morgan fingerprint density at radius 1 is 1.38 bits per heavy atom. The largest absolute Gasteiger partial charge is 0.312 e. The molecule has 0 N–H and O–H groups in total. The molecule has 1 unspecified atom stereocenters. The quantitative estimate of drug-likeness (QED) is 0.617. The fourth-order valence-corrected chi connectivity index (χ4v) is 2.34. The lowest BCUT2D eigenvalue weighted by atomic mass is 10.00. The van der Waals surface area contributed by atoms with Gasteiger partial charge in [-0.2, -0.15) is 0 Å². The normalized spacial score (nSPS) is 17.1. The predicted molar refractivity (Wildman–Crippen MR) is 75.2 cm³/mol. The number of hydrogen-bond donors (Lipinski definition) is 0. The van der Waals surface area contributed by atoms with Crippen LogP contribution in [0.2, 0.25) is 0 Å². The first-order valence-electron chi connectivity index (χ1n) is 5.66. The Hall–Kier alpha value is -0.580. The molecule has 1 aliphatic heterocycles. The number of halogens is 1. The lowest BCUT2D eigenvalue weighted by Gasteiger charge is -2.31. The van der Waals surface area contributed by atoms with Crippen LogP contribution in [0.25, 0.3) is 0 Å². The van der Waals surface area contributed by atoms with E-state index < -0.39 is 0 Å². The van der Waals surface area contributed by atoms with Crippen LogP contribution in [0.15, 0.2) is 24.3 Å². The third-order valence-electron chi connectivity index (χ3n) is 2.95. The molecule has 0 fully saturated rings. The Morgan fingerprint density at radius 2 is 2.12 bits per heavy atom. The molecule has 3 heteroatoms. The first-order chi connectivity index (χ1) is 7.72. The molecule has 0 aromatic heterocycles. The molecule has 2 nitrogen and oxygen atoms in total. The second kappa shape index (κ2) is 5.17. The number of carbonyl (C=O) groups excluding carboxylic acids is 1. The van der Waals surface area contributed by atoms with Crippen LogP contribution in [-0.4, -0.2) is 16.9 Å². The van der Waals surface area contributed by atoms with Gasteiger partial charge in [0.1, 0.15) is 0 Å². The molecule has 0 saturated carbocycles. The number of aryl methyl sites for hydroxylation is 1. The molecule has 0 radical (unpaired) electrons. The van der Waals surface area contributed by atoms with E-state index in [-0.39, 0.29) is 5.91 Å². The van der Waals surface area contributed by atoms with Gasteiger partial charge in [-0.3, -0.25) is 4.79 Å². The second-order valence-electron chi connectivity index (χ2n) is 4.39. The van der Waals surface area contributed by atoms with Crippen LogP contribution >= 0.6 is 22.6 Å². The zero-order valence-electron chi connectivity index (χ0n) is 9.45. The lowest BCUT2D eigenvalue weighted by molar-refractivity contribution is -0.119. The number of rotatable bonds is 3. The van der Waals surface area contributed by atoms with Gasteiger partial charge >= 0.3 is 0 Å². The molecule has 0 bridgehead atoms. The summed E-state index contributed by atoms with van der Waals surface area (Å²) in [6, 6.07) is 8.25. The van der Waals surface area contributed by atoms with Crippen molar-refractivity contribution in [3.8, 4) is 0 Å². The number of nitrogens with zero attached hydrogens (tertiary/aromatic N) is 1. The van der Waals surface area contributed by atoms with Crippen molar-refractivity contribution in [1.29, 1.82) is 0 Å². The van der Waals surface area contributed by atoms with Crippen molar-refractivity contribution in [2.24, 2.45) is 5.92 Å². The summed E-state index contributed by atoms with van der Waals surface area (Å²) in [5.74, 6) is 0.825. The van der Waals surface area contributed by atoms with Crippen LogP contribution in [0.5, 0.6) is 0 Å².